The molecule has 2 atom stereocenters. The van der Waals surface area contributed by atoms with Gasteiger partial charge in [0.05, 0.1) is 5.92 Å². The molecular weight excluding hydrogens is 453 g/mol. The Hall–Kier alpha value is -2.96. The third kappa shape index (κ3) is 5.24. The van der Waals surface area contributed by atoms with Crippen LogP contribution in [0.25, 0.3) is 10.8 Å². The molecule has 178 valence electrons. The number of benzene rings is 3. The summed E-state index contributed by atoms with van der Waals surface area (Å²) in [7, 11) is 0. The van der Waals surface area contributed by atoms with Gasteiger partial charge in [-0.25, -0.2) is 4.39 Å². The fourth-order valence-electron chi connectivity index (χ4n) is 4.74. The maximum atomic E-state index is 13.8. The highest BCUT2D eigenvalue weighted by Gasteiger charge is 2.40. The zero-order valence-corrected chi connectivity index (χ0v) is 19.7. The van der Waals surface area contributed by atoms with Gasteiger partial charge in [-0.15, -0.1) is 12.4 Å². The molecular formula is C27H29ClFN3O2. The topological polar surface area (TPSA) is 61.4 Å². The van der Waals surface area contributed by atoms with Crippen molar-refractivity contribution < 1.29 is 14.0 Å². The summed E-state index contributed by atoms with van der Waals surface area (Å²) in [5.41, 5.74) is 1.54. The lowest BCUT2D eigenvalue weighted by atomic mass is 9.91. The monoisotopic (exact) mass is 481 g/mol. The fraction of sp³-hybridized carbons (Fsp3) is 0.333. The molecule has 7 heteroatoms. The first-order valence-corrected chi connectivity index (χ1v) is 11.6. The quantitative estimate of drug-likeness (QED) is 0.552. The number of amides is 2. The summed E-state index contributed by atoms with van der Waals surface area (Å²) in [5.74, 6) is -0.900. The molecule has 2 amide bonds. The Kier molecular flexibility index (Phi) is 7.49. The lowest BCUT2D eigenvalue weighted by molar-refractivity contribution is -0.138. The molecule has 3 aromatic rings. The summed E-state index contributed by atoms with van der Waals surface area (Å²) < 4.78 is 13.2. The van der Waals surface area contributed by atoms with Crippen molar-refractivity contribution in [3.05, 3.63) is 83.7 Å². The van der Waals surface area contributed by atoms with E-state index < -0.39 is 0 Å². The van der Waals surface area contributed by atoms with Gasteiger partial charge in [0.2, 0.25) is 5.91 Å². The molecule has 1 saturated heterocycles. The maximum Gasteiger partial charge on any atom is 0.251 e. The largest absolute Gasteiger partial charge is 0.348 e. The predicted octanol–water partition coefficient (Wildman–Crippen LogP) is 4.30. The Morgan fingerprint density at radius 1 is 0.971 bits per heavy atom. The molecule has 2 unspecified atom stereocenters. The molecule has 2 aliphatic rings. The van der Waals surface area contributed by atoms with E-state index in [0.717, 1.165) is 24.9 Å². The molecule has 1 aliphatic heterocycles. The average molecular weight is 482 g/mol. The van der Waals surface area contributed by atoms with Crippen molar-refractivity contribution in [2.45, 2.75) is 37.9 Å². The van der Waals surface area contributed by atoms with Crippen LogP contribution in [0.2, 0.25) is 0 Å². The molecule has 5 rings (SSSR count). The normalized spacial score (nSPS) is 19.8. The van der Waals surface area contributed by atoms with Gasteiger partial charge in [-0.05, 0) is 66.4 Å². The highest BCUT2D eigenvalue weighted by Crippen LogP contribution is 2.32. The van der Waals surface area contributed by atoms with Crippen LogP contribution in [0.5, 0.6) is 0 Å². The summed E-state index contributed by atoms with van der Waals surface area (Å²) in [6.45, 7) is 1.84. The Balaban J connectivity index is 0.00000274. The van der Waals surface area contributed by atoms with Crippen molar-refractivity contribution in [1.82, 2.24) is 15.5 Å². The van der Waals surface area contributed by atoms with Crippen molar-refractivity contribution in [2.24, 2.45) is 5.92 Å². The molecule has 3 aromatic carbocycles. The summed E-state index contributed by atoms with van der Waals surface area (Å²) in [5, 5.41) is 8.71. The second kappa shape index (κ2) is 10.5. The van der Waals surface area contributed by atoms with E-state index >= 15 is 0 Å². The van der Waals surface area contributed by atoms with E-state index in [1.807, 2.05) is 23.1 Å². The number of nitrogens with zero attached hydrogens (tertiary/aromatic N) is 1. The van der Waals surface area contributed by atoms with Crippen molar-refractivity contribution in [3.8, 4) is 0 Å². The van der Waals surface area contributed by atoms with E-state index in [1.165, 1.54) is 35.0 Å². The van der Waals surface area contributed by atoms with E-state index in [2.05, 4.69) is 34.9 Å². The fourth-order valence-corrected chi connectivity index (χ4v) is 4.74. The Morgan fingerprint density at radius 3 is 2.47 bits per heavy atom. The van der Waals surface area contributed by atoms with E-state index in [9.17, 15) is 14.0 Å². The molecule has 1 heterocycles. The first kappa shape index (κ1) is 24.2. The lowest BCUT2D eigenvalue weighted by Gasteiger charge is -2.36. The van der Waals surface area contributed by atoms with Gasteiger partial charge < -0.3 is 15.5 Å². The Morgan fingerprint density at radius 2 is 1.71 bits per heavy atom. The number of carbonyl (C=O) groups excluding carboxylic acids is 2. The molecule has 1 aliphatic carbocycles. The van der Waals surface area contributed by atoms with Crippen LogP contribution in [0.1, 0.15) is 35.2 Å². The van der Waals surface area contributed by atoms with Crippen LogP contribution in [-0.4, -0.2) is 41.9 Å². The highest BCUT2D eigenvalue weighted by atomic mass is 35.5. The number of hydrogen-bond acceptors (Lipinski definition) is 3. The van der Waals surface area contributed by atoms with Gasteiger partial charge >= 0.3 is 0 Å². The Labute approximate surface area is 205 Å². The van der Waals surface area contributed by atoms with Crippen molar-refractivity contribution in [1.29, 1.82) is 0 Å². The molecule has 0 aromatic heterocycles. The first-order valence-electron chi connectivity index (χ1n) is 11.6. The van der Waals surface area contributed by atoms with Gasteiger partial charge in [0.15, 0.2) is 0 Å². The summed E-state index contributed by atoms with van der Waals surface area (Å²) in [6.07, 6.45) is 2.71. The predicted molar refractivity (Wildman–Crippen MR) is 133 cm³/mol. The first-order chi connectivity index (χ1) is 16.1. The van der Waals surface area contributed by atoms with Crippen LogP contribution in [0.3, 0.4) is 0 Å². The zero-order valence-electron chi connectivity index (χ0n) is 18.9. The summed E-state index contributed by atoms with van der Waals surface area (Å²) >= 11 is 0. The molecule has 2 N–H and O–H groups in total. The third-order valence-electron chi connectivity index (χ3n) is 6.71. The van der Waals surface area contributed by atoms with Crippen LogP contribution >= 0.6 is 12.4 Å². The average Bonchev–Trinajstić information content (AvgIpc) is 3.68. The number of carbonyl (C=O) groups is 2. The van der Waals surface area contributed by atoms with Crippen LogP contribution in [0.4, 0.5) is 4.39 Å². The minimum atomic E-state index is -0.380. The standard InChI is InChI=1S/C27H28FN3O2.ClH/c28-21-10-8-19(9-11-21)26(32)30-25-14-15-29-16-24(25)27(33)31(22-12-13-22)17-20-6-3-5-18-4-1-2-7-23(18)20;/h1-11,22,24-25,29H,12-17H2,(H,30,32);1H. The zero-order chi connectivity index (χ0) is 22.8. The van der Waals surface area contributed by atoms with Gasteiger partial charge in [0, 0.05) is 30.7 Å². The maximum absolute atomic E-state index is 13.8. The van der Waals surface area contributed by atoms with Gasteiger partial charge in [-0.2, -0.15) is 0 Å². The summed E-state index contributed by atoms with van der Waals surface area (Å²) in [4.78, 5) is 28.6. The number of hydrogen-bond donors (Lipinski definition) is 2. The van der Waals surface area contributed by atoms with Crippen LogP contribution in [-0.2, 0) is 11.3 Å². The second-order valence-electron chi connectivity index (χ2n) is 9.02. The third-order valence-corrected chi connectivity index (χ3v) is 6.71. The highest BCUT2D eigenvalue weighted by molar-refractivity contribution is 5.95. The molecule has 2 fully saturated rings. The number of nitrogens with one attached hydrogen (secondary N) is 2. The number of halogens is 2. The molecule has 0 radical (unpaired) electrons. The number of fused-ring (bicyclic) bond motifs is 1. The molecule has 0 spiro atoms. The Bertz CT molecular complexity index is 1160. The number of rotatable bonds is 6. The molecule has 5 nitrogen and oxygen atoms in total. The van der Waals surface area contributed by atoms with Crippen molar-refractivity contribution in [2.75, 3.05) is 13.1 Å². The molecule has 1 saturated carbocycles. The minimum absolute atomic E-state index is 0. The molecule has 34 heavy (non-hydrogen) atoms. The SMILES string of the molecule is Cl.O=C(NC1CCNCC1C(=O)N(Cc1cccc2ccccc12)C1CC1)c1ccc(F)cc1. The van der Waals surface area contributed by atoms with Crippen LogP contribution in [0, 0.1) is 11.7 Å². The summed E-state index contributed by atoms with van der Waals surface area (Å²) in [6, 6.07) is 20.0. The van der Waals surface area contributed by atoms with Gasteiger partial charge in [0.25, 0.3) is 5.91 Å². The van der Waals surface area contributed by atoms with Crippen molar-refractivity contribution in [3.63, 3.8) is 0 Å². The van der Waals surface area contributed by atoms with E-state index in [4.69, 9.17) is 0 Å². The van der Waals surface area contributed by atoms with Crippen molar-refractivity contribution >= 4 is 35.0 Å². The smallest absolute Gasteiger partial charge is 0.251 e. The van der Waals surface area contributed by atoms with E-state index in [0.29, 0.717) is 25.1 Å². The number of piperidine rings is 1. The van der Waals surface area contributed by atoms with E-state index in [-0.39, 0.29) is 48.0 Å². The van der Waals surface area contributed by atoms with Crippen LogP contribution in [0.15, 0.2) is 66.7 Å². The van der Waals surface area contributed by atoms with E-state index in [1.54, 1.807) is 0 Å². The van der Waals surface area contributed by atoms with Crippen LogP contribution < -0.4 is 10.6 Å². The van der Waals surface area contributed by atoms with Gasteiger partial charge in [0.1, 0.15) is 5.82 Å². The minimum Gasteiger partial charge on any atom is -0.348 e. The van der Waals surface area contributed by atoms with Gasteiger partial charge in [-0.3, -0.25) is 9.59 Å². The van der Waals surface area contributed by atoms with Gasteiger partial charge in [-0.1, -0.05) is 42.5 Å². The lowest BCUT2D eigenvalue weighted by Crippen LogP contribution is -2.55. The second-order valence-corrected chi connectivity index (χ2v) is 9.02. The molecule has 0 bridgehead atoms.